The Balaban J connectivity index is 0.00000289. The van der Waals surface area contributed by atoms with Gasteiger partial charge in [0, 0.05) is 13.1 Å². The van der Waals surface area contributed by atoms with Crippen LogP contribution < -0.4 is 11.1 Å². The zero-order chi connectivity index (χ0) is 12.7. The minimum atomic E-state index is -0.473. The van der Waals surface area contributed by atoms with Gasteiger partial charge in [-0.15, -0.1) is 12.4 Å². The number of rotatable bonds is 6. The van der Waals surface area contributed by atoms with E-state index in [-0.39, 0.29) is 18.3 Å². The zero-order valence-corrected chi connectivity index (χ0v) is 11.7. The Morgan fingerprint density at radius 1 is 1.33 bits per heavy atom. The van der Waals surface area contributed by atoms with Gasteiger partial charge in [0.05, 0.1) is 6.04 Å². The first-order valence-electron chi connectivity index (χ1n) is 5.81. The number of carbonyl (C=O) groups is 1. The molecule has 0 saturated heterocycles. The lowest BCUT2D eigenvalue weighted by Gasteiger charge is -2.14. The average molecular weight is 272 g/mol. The number of carbonyl (C=O) groups excluding carboxylic acids is 1. The fourth-order valence-corrected chi connectivity index (χ4v) is 1.49. The molecule has 1 aromatic carbocycles. The molecule has 0 aromatic heterocycles. The number of nitrogens with one attached hydrogen (secondary N) is 1. The summed E-state index contributed by atoms with van der Waals surface area (Å²) >= 11 is 0. The van der Waals surface area contributed by atoms with E-state index in [1.165, 1.54) is 0 Å². The third-order valence-electron chi connectivity index (χ3n) is 2.49. The predicted molar refractivity (Wildman–Crippen MR) is 76.9 cm³/mol. The number of halogens is 1. The smallest absolute Gasteiger partial charge is 0.237 e. The maximum Gasteiger partial charge on any atom is 0.237 e. The second-order valence-electron chi connectivity index (χ2n) is 4.39. The van der Waals surface area contributed by atoms with Crippen molar-refractivity contribution >= 4 is 18.3 Å². The Labute approximate surface area is 115 Å². The Kier molecular flexibility index (Phi) is 8.37. The van der Waals surface area contributed by atoms with Crippen molar-refractivity contribution < 1.29 is 4.79 Å². The fourth-order valence-electron chi connectivity index (χ4n) is 1.49. The molecule has 0 saturated carbocycles. The molecule has 102 valence electrons. The summed E-state index contributed by atoms with van der Waals surface area (Å²) in [6.07, 6.45) is 0.578. The van der Waals surface area contributed by atoms with E-state index in [4.69, 9.17) is 5.73 Å². The monoisotopic (exact) mass is 271 g/mol. The van der Waals surface area contributed by atoms with Crippen molar-refractivity contribution in [2.75, 3.05) is 27.2 Å². The van der Waals surface area contributed by atoms with Crippen LogP contribution in [0, 0.1) is 0 Å². The van der Waals surface area contributed by atoms with Gasteiger partial charge in [0.15, 0.2) is 0 Å². The molecule has 0 fully saturated rings. The number of nitrogens with two attached hydrogens (primary N) is 1. The summed E-state index contributed by atoms with van der Waals surface area (Å²) in [5, 5.41) is 2.83. The Morgan fingerprint density at radius 2 is 1.94 bits per heavy atom. The summed E-state index contributed by atoms with van der Waals surface area (Å²) in [4.78, 5) is 13.7. The molecule has 18 heavy (non-hydrogen) atoms. The van der Waals surface area contributed by atoms with Gasteiger partial charge >= 0.3 is 0 Å². The van der Waals surface area contributed by atoms with Crippen LogP contribution in [0.15, 0.2) is 30.3 Å². The quantitative estimate of drug-likeness (QED) is 0.799. The van der Waals surface area contributed by atoms with Crippen LogP contribution in [0.25, 0.3) is 0 Å². The van der Waals surface area contributed by atoms with Gasteiger partial charge in [0.2, 0.25) is 5.91 Å². The number of benzene rings is 1. The normalized spacial score (nSPS) is 11.8. The van der Waals surface area contributed by atoms with Crippen LogP contribution in [0.3, 0.4) is 0 Å². The van der Waals surface area contributed by atoms with E-state index >= 15 is 0 Å². The molecule has 5 heteroatoms. The minimum Gasteiger partial charge on any atom is -0.353 e. The van der Waals surface area contributed by atoms with Crippen LogP contribution in [-0.4, -0.2) is 44.0 Å². The first-order chi connectivity index (χ1) is 8.09. The average Bonchev–Trinajstić information content (AvgIpc) is 2.29. The molecule has 4 nitrogen and oxygen atoms in total. The maximum absolute atomic E-state index is 11.7. The first kappa shape index (κ1) is 16.9. The van der Waals surface area contributed by atoms with Gasteiger partial charge in [-0.1, -0.05) is 30.3 Å². The molecule has 0 radical (unpaired) electrons. The van der Waals surface area contributed by atoms with Crippen molar-refractivity contribution in [3.8, 4) is 0 Å². The van der Waals surface area contributed by atoms with Crippen LogP contribution >= 0.6 is 12.4 Å². The molecule has 3 N–H and O–H groups in total. The molecule has 1 amide bonds. The van der Waals surface area contributed by atoms with Gasteiger partial charge in [-0.25, -0.2) is 0 Å². The van der Waals surface area contributed by atoms with Crippen LogP contribution in [0.1, 0.15) is 5.56 Å². The highest BCUT2D eigenvalue weighted by atomic mass is 35.5. The highest BCUT2D eigenvalue weighted by Gasteiger charge is 2.13. The minimum absolute atomic E-state index is 0. The fraction of sp³-hybridized carbons (Fsp3) is 0.462. The standard InChI is InChI=1S/C13H21N3O.ClH/c1-16(2)9-8-15-13(17)12(14)10-11-6-4-3-5-7-11;/h3-7,12H,8-10,14H2,1-2H3,(H,15,17);1H/t12-;/m0./s1. The summed E-state index contributed by atoms with van der Waals surface area (Å²) in [7, 11) is 3.94. The Bertz CT molecular complexity index is 343. The molecule has 0 aliphatic rings. The van der Waals surface area contributed by atoms with Gasteiger partial charge in [-0.2, -0.15) is 0 Å². The zero-order valence-electron chi connectivity index (χ0n) is 10.9. The maximum atomic E-state index is 11.7. The molecule has 0 bridgehead atoms. The highest BCUT2D eigenvalue weighted by Crippen LogP contribution is 2.01. The largest absolute Gasteiger partial charge is 0.353 e. The Hall–Kier alpha value is -1.10. The van der Waals surface area contributed by atoms with Gasteiger partial charge in [0.25, 0.3) is 0 Å². The lowest BCUT2D eigenvalue weighted by atomic mass is 10.1. The molecule has 0 spiro atoms. The van der Waals surface area contributed by atoms with Crippen molar-refractivity contribution in [1.82, 2.24) is 10.2 Å². The van der Waals surface area contributed by atoms with E-state index in [2.05, 4.69) is 5.32 Å². The summed E-state index contributed by atoms with van der Waals surface area (Å²) in [6, 6.07) is 9.34. The van der Waals surface area contributed by atoms with Crippen molar-refractivity contribution in [2.24, 2.45) is 5.73 Å². The van der Waals surface area contributed by atoms with Crippen LogP contribution in [-0.2, 0) is 11.2 Å². The van der Waals surface area contributed by atoms with E-state index < -0.39 is 6.04 Å². The van der Waals surface area contributed by atoms with Crippen molar-refractivity contribution in [3.05, 3.63) is 35.9 Å². The second-order valence-corrected chi connectivity index (χ2v) is 4.39. The summed E-state index contributed by atoms with van der Waals surface area (Å²) in [5.41, 5.74) is 6.93. The molecule has 1 rings (SSSR count). The SMILES string of the molecule is CN(C)CCNC(=O)[C@@H](N)Cc1ccccc1.Cl. The van der Waals surface area contributed by atoms with Crippen LogP contribution in [0.2, 0.25) is 0 Å². The number of amides is 1. The molecule has 0 aliphatic carbocycles. The van der Waals surface area contributed by atoms with E-state index in [9.17, 15) is 4.79 Å². The first-order valence-corrected chi connectivity index (χ1v) is 5.81. The summed E-state index contributed by atoms with van der Waals surface area (Å²) < 4.78 is 0. The molecular weight excluding hydrogens is 250 g/mol. The molecule has 0 unspecified atom stereocenters. The molecule has 1 atom stereocenters. The van der Waals surface area contributed by atoms with E-state index in [1.54, 1.807) is 0 Å². The summed E-state index contributed by atoms with van der Waals surface area (Å²) in [6.45, 7) is 1.46. The van der Waals surface area contributed by atoms with E-state index in [0.29, 0.717) is 13.0 Å². The Morgan fingerprint density at radius 3 is 2.50 bits per heavy atom. The van der Waals surface area contributed by atoms with Crippen LogP contribution in [0.5, 0.6) is 0 Å². The summed E-state index contributed by atoms with van der Waals surface area (Å²) in [5.74, 6) is -0.0873. The van der Waals surface area contributed by atoms with Gasteiger partial charge in [0.1, 0.15) is 0 Å². The van der Waals surface area contributed by atoms with Crippen molar-refractivity contribution in [1.29, 1.82) is 0 Å². The van der Waals surface area contributed by atoms with Crippen molar-refractivity contribution in [3.63, 3.8) is 0 Å². The number of likely N-dealkylation sites (N-methyl/N-ethyl adjacent to an activating group) is 1. The van der Waals surface area contributed by atoms with Crippen molar-refractivity contribution in [2.45, 2.75) is 12.5 Å². The van der Waals surface area contributed by atoms with Gasteiger partial charge < -0.3 is 16.0 Å². The predicted octanol–water partition coefficient (Wildman–Crippen LogP) is 0.656. The number of hydrogen-bond acceptors (Lipinski definition) is 3. The van der Waals surface area contributed by atoms with Gasteiger partial charge in [-0.05, 0) is 26.1 Å². The van der Waals surface area contributed by atoms with Gasteiger partial charge in [-0.3, -0.25) is 4.79 Å². The molecule has 1 aromatic rings. The third kappa shape index (κ3) is 6.59. The van der Waals surface area contributed by atoms with Crippen LogP contribution in [0.4, 0.5) is 0 Å². The third-order valence-corrected chi connectivity index (χ3v) is 2.49. The topological polar surface area (TPSA) is 58.4 Å². The highest BCUT2D eigenvalue weighted by molar-refractivity contribution is 5.85. The lowest BCUT2D eigenvalue weighted by molar-refractivity contribution is -0.122. The number of nitrogens with zero attached hydrogens (tertiary/aromatic N) is 1. The molecular formula is C13H22ClN3O. The lowest BCUT2D eigenvalue weighted by Crippen LogP contribution is -2.44. The second kappa shape index (κ2) is 8.91. The number of hydrogen-bond donors (Lipinski definition) is 2. The van der Waals surface area contributed by atoms with E-state index in [1.807, 2.05) is 49.3 Å². The van der Waals surface area contributed by atoms with E-state index in [0.717, 1.165) is 12.1 Å². The molecule has 0 heterocycles. The molecule has 0 aliphatic heterocycles.